The zero-order valence-corrected chi connectivity index (χ0v) is 12.9. The van der Waals surface area contributed by atoms with Crippen LogP contribution >= 0.6 is 0 Å². The minimum absolute atomic E-state index is 0.681. The number of hydrogen-bond donors (Lipinski definition) is 1. The van der Waals surface area contributed by atoms with Crippen molar-refractivity contribution in [2.45, 2.75) is 57.5 Å². The summed E-state index contributed by atoms with van der Waals surface area (Å²) in [6, 6.07) is 0. The molecule has 114 valence electrons. The smallest absolute Gasteiger partial charge is 0.125 e. The fraction of sp³-hybridized carbons (Fsp3) is 0.882. The van der Waals surface area contributed by atoms with E-state index in [1.54, 1.807) is 0 Å². The van der Waals surface area contributed by atoms with Gasteiger partial charge >= 0.3 is 0 Å². The molecule has 1 aliphatic heterocycles. The second-order valence-electron chi connectivity index (χ2n) is 6.30. The zero-order chi connectivity index (χ0) is 14.3. The van der Waals surface area contributed by atoms with Crippen LogP contribution in [0.1, 0.15) is 51.9 Å². The van der Waals surface area contributed by atoms with Gasteiger partial charge in [0.15, 0.2) is 0 Å². The molecule has 1 heterocycles. The lowest BCUT2D eigenvalue weighted by Crippen LogP contribution is -2.36. The van der Waals surface area contributed by atoms with Gasteiger partial charge in [0.1, 0.15) is 5.60 Å². The highest BCUT2D eigenvalue weighted by molar-refractivity contribution is 5.13. The molecule has 3 nitrogen and oxygen atoms in total. The molecule has 3 heteroatoms. The Balaban J connectivity index is 1.55. The van der Waals surface area contributed by atoms with E-state index in [0.717, 1.165) is 57.9 Å². The number of ether oxygens (including phenoxy) is 1. The Labute approximate surface area is 123 Å². The van der Waals surface area contributed by atoms with Crippen LogP contribution in [-0.4, -0.2) is 48.5 Å². The van der Waals surface area contributed by atoms with E-state index in [1.807, 2.05) is 6.92 Å². The van der Waals surface area contributed by atoms with Gasteiger partial charge in [-0.15, -0.1) is 5.92 Å². The molecule has 2 rings (SSSR count). The third kappa shape index (κ3) is 5.09. The topological polar surface area (TPSA) is 32.7 Å². The Bertz CT molecular complexity index is 331. The van der Waals surface area contributed by atoms with Gasteiger partial charge in [0.05, 0.1) is 13.2 Å². The standard InChI is InChI=1S/C17H29NO2/c1-2-8-17(19)9-6-16(7-10-17)5-3-4-11-18-12-14-20-15-13-18/h16,19H,3-7,9-15H2,1H3. The Morgan fingerprint density at radius 3 is 2.55 bits per heavy atom. The predicted molar refractivity (Wildman–Crippen MR) is 81.5 cm³/mol. The highest BCUT2D eigenvalue weighted by Crippen LogP contribution is 2.34. The summed E-state index contributed by atoms with van der Waals surface area (Å²) in [6.07, 6.45) is 7.95. The van der Waals surface area contributed by atoms with E-state index in [4.69, 9.17) is 4.74 Å². The minimum atomic E-state index is -0.681. The van der Waals surface area contributed by atoms with Crippen molar-refractivity contribution in [1.82, 2.24) is 4.90 Å². The molecular formula is C17H29NO2. The molecule has 1 aliphatic carbocycles. The molecule has 0 radical (unpaired) electrons. The van der Waals surface area contributed by atoms with Crippen LogP contribution in [-0.2, 0) is 4.74 Å². The Hall–Kier alpha value is -0.560. The highest BCUT2D eigenvalue weighted by Gasteiger charge is 2.30. The normalized spacial score (nSPS) is 31.6. The molecule has 0 aromatic carbocycles. The van der Waals surface area contributed by atoms with E-state index >= 15 is 0 Å². The second kappa shape index (κ2) is 8.02. The third-order valence-corrected chi connectivity index (χ3v) is 4.73. The van der Waals surface area contributed by atoms with E-state index in [9.17, 15) is 5.11 Å². The Kier molecular flexibility index (Phi) is 6.35. The summed E-state index contributed by atoms with van der Waals surface area (Å²) in [6.45, 7) is 7.05. The van der Waals surface area contributed by atoms with Crippen molar-refractivity contribution in [1.29, 1.82) is 0 Å². The Morgan fingerprint density at radius 2 is 1.90 bits per heavy atom. The highest BCUT2D eigenvalue weighted by atomic mass is 16.5. The zero-order valence-electron chi connectivity index (χ0n) is 12.9. The summed E-state index contributed by atoms with van der Waals surface area (Å²) in [4.78, 5) is 2.51. The van der Waals surface area contributed by atoms with Crippen molar-refractivity contribution >= 4 is 0 Å². The minimum Gasteiger partial charge on any atom is -0.379 e. The van der Waals surface area contributed by atoms with Crippen LogP contribution in [0.3, 0.4) is 0 Å². The number of rotatable bonds is 5. The summed E-state index contributed by atoms with van der Waals surface area (Å²) in [5.74, 6) is 6.65. The average Bonchev–Trinajstić information content (AvgIpc) is 2.47. The first kappa shape index (κ1) is 15.8. The number of morpholine rings is 1. The van der Waals surface area contributed by atoms with Crippen LogP contribution in [0.2, 0.25) is 0 Å². The van der Waals surface area contributed by atoms with Crippen LogP contribution < -0.4 is 0 Å². The summed E-state index contributed by atoms with van der Waals surface area (Å²) < 4.78 is 5.36. The molecule has 2 aliphatic rings. The van der Waals surface area contributed by atoms with Crippen LogP contribution in [0.15, 0.2) is 0 Å². The molecular weight excluding hydrogens is 250 g/mol. The molecule has 0 atom stereocenters. The first-order valence-corrected chi connectivity index (χ1v) is 8.18. The van der Waals surface area contributed by atoms with E-state index in [-0.39, 0.29) is 0 Å². The molecule has 0 spiro atoms. The van der Waals surface area contributed by atoms with Gasteiger partial charge in [0.2, 0.25) is 0 Å². The maximum Gasteiger partial charge on any atom is 0.125 e. The van der Waals surface area contributed by atoms with Crippen LogP contribution in [0.4, 0.5) is 0 Å². The monoisotopic (exact) mass is 279 g/mol. The SMILES string of the molecule is CC#CC1(O)CCC(CCCCN2CCOCC2)CC1. The number of unbranched alkanes of at least 4 members (excludes halogenated alkanes) is 1. The number of aliphatic hydroxyl groups is 1. The maximum absolute atomic E-state index is 10.2. The fourth-order valence-corrected chi connectivity index (χ4v) is 3.39. The van der Waals surface area contributed by atoms with Crippen LogP contribution in [0.5, 0.6) is 0 Å². The van der Waals surface area contributed by atoms with E-state index < -0.39 is 5.60 Å². The molecule has 0 aromatic rings. The first-order valence-electron chi connectivity index (χ1n) is 8.18. The Morgan fingerprint density at radius 1 is 1.20 bits per heavy atom. The average molecular weight is 279 g/mol. The largest absolute Gasteiger partial charge is 0.379 e. The van der Waals surface area contributed by atoms with Gasteiger partial charge in [-0.05, 0) is 51.5 Å². The third-order valence-electron chi connectivity index (χ3n) is 4.73. The van der Waals surface area contributed by atoms with Gasteiger partial charge in [-0.1, -0.05) is 18.8 Å². The summed E-state index contributed by atoms with van der Waals surface area (Å²) in [7, 11) is 0. The fourth-order valence-electron chi connectivity index (χ4n) is 3.39. The lowest BCUT2D eigenvalue weighted by Gasteiger charge is -2.32. The van der Waals surface area contributed by atoms with E-state index in [1.165, 1.54) is 25.8 Å². The van der Waals surface area contributed by atoms with Crippen molar-refractivity contribution in [3.63, 3.8) is 0 Å². The van der Waals surface area contributed by atoms with Crippen molar-refractivity contribution in [2.24, 2.45) is 5.92 Å². The molecule has 0 amide bonds. The lowest BCUT2D eigenvalue weighted by atomic mass is 9.77. The number of hydrogen-bond acceptors (Lipinski definition) is 3. The molecule has 1 N–H and O–H groups in total. The summed E-state index contributed by atoms with van der Waals surface area (Å²) in [5.41, 5.74) is -0.681. The molecule has 1 saturated heterocycles. The molecule has 0 aromatic heterocycles. The first-order chi connectivity index (χ1) is 9.72. The van der Waals surface area contributed by atoms with Gasteiger partial charge < -0.3 is 9.84 Å². The molecule has 1 saturated carbocycles. The van der Waals surface area contributed by atoms with E-state index in [0.29, 0.717) is 0 Å². The second-order valence-corrected chi connectivity index (χ2v) is 6.30. The van der Waals surface area contributed by atoms with Gasteiger partial charge in [0, 0.05) is 13.1 Å². The van der Waals surface area contributed by atoms with E-state index in [2.05, 4.69) is 16.7 Å². The molecule has 2 fully saturated rings. The van der Waals surface area contributed by atoms with Gasteiger partial charge in [-0.3, -0.25) is 4.90 Å². The molecule has 0 bridgehead atoms. The van der Waals surface area contributed by atoms with Crippen molar-refractivity contribution < 1.29 is 9.84 Å². The molecule has 20 heavy (non-hydrogen) atoms. The van der Waals surface area contributed by atoms with Crippen molar-refractivity contribution in [2.75, 3.05) is 32.8 Å². The predicted octanol–water partition coefficient (Wildman–Crippen LogP) is 2.43. The maximum atomic E-state index is 10.2. The molecule has 0 unspecified atom stereocenters. The summed E-state index contributed by atoms with van der Waals surface area (Å²) >= 11 is 0. The van der Waals surface area contributed by atoms with Gasteiger partial charge in [-0.2, -0.15) is 0 Å². The van der Waals surface area contributed by atoms with Crippen LogP contribution in [0.25, 0.3) is 0 Å². The number of nitrogens with zero attached hydrogens (tertiary/aromatic N) is 1. The van der Waals surface area contributed by atoms with Crippen LogP contribution in [0, 0.1) is 17.8 Å². The lowest BCUT2D eigenvalue weighted by molar-refractivity contribution is 0.0351. The van der Waals surface area contributed by atoms with Crippen molar-refractivity contribution in [3.8, 4) is 11.8 Å². The van der Waals surface area contributed by atoms with Gasteiger partial charge in [0.25, 0.3) is 0 Å². The quantitative estimate of drug-likeness (QED) is 0.620. The van der Waals surface area contributed by atoms with Gasteiger partial charge in [-0.25, -0.2) is 0 Å². The summed E-state index contributed by atoms with van der Waals surface area (Å²) in [5, 5.41) is 10.2. The van der Waals surface area contributed by atoms with Crippen molar-refractivity contribution in [3.05, 3.63) is 0 Å².